The second-order valence-corrected chi connectivity index (χ2v) is 8.47. The largest absolute Gasteiger partial charge is 0.508 e. The average molecular weight is 453 g/mol. The van der Waals surface area contributed by atoms with E-state index in [0.29, 0.717) is 36.4 Å². The van der Waals surface area contributed by atoms with Crippen molar-refractivity contribution in [2.24, 2.45) is 0 Å². The smallest absolute Gasteiger partial charge is 0.295 e. The number of unbranched alkanes of at least 4 members (excludes halogenated alkanes) is 1. The summed E-state index contributed by atoms with van der Waals surface area (Å²) in [7, 11) is 3.89. The van der Waals surface area contributed by atoms with Gasteiger partial charge in [0, 0.05) is 12.1 Å². The second kappa shape index (κ2) is 11.0. The lowest BCUT2D eigenvalue weighted by molar-refractivity contribution is -0.139. The second-order valence-electron chi connectivity index (χ2n) is 8.47. The number of aromatic hydroxyl groups is 1. The Bertz CT molecular complexity index is 1010. The van der Waals surface area contributed by atoms with Crippen molar-refractivity contribution >= 4 is 17.4 Å². The number of ketones is 1. The lowest BCUT2D eigenvalue weighted by Crippen LogP contribution is -2.32. The summed E-state index contributed by atoms with van der Waals surface area (Å²) >= 11 is 0. The minimum Gasteiger partial charge on any atom is -0.508 e. The maximum absolute atomic E-state index is 13.1. The fourth-order valence-corrected chi connectivity index (χ4v) is 3.89. The first-order valence-corrected chi connectivity index (χ1v) is 11.3. The Morgan fingerprint density at radius 3 is 2.48 bits per heavy atom. The number of likely N-dealkylation sites (tertiary alicyclic amines) is 1. The maximum atomic E-state index is 13.1. The zero-order valence-electron chi connectivity index (χ0n) is 19.5. The van der Waals surface area contributed by atoms with Crippen molar-refractivity contribution in [2.45, 2.75) is 32.2 Å². The molecule has 1 aliphatic rings. The molecule has 33 heavy (non-hydrogen) atoms. The number of amides is 1. The highest BCUT2D eigenvalue weighted by atomic mass is 16.5. The molecule has 2 N–H and O–H groups in total. The molecule has 1 atom stereocenters. The van der Waals surface area contributed by atoms with Crippen LogP contribution in [-0.2, 0) is 9.59 Å². The van der Waals surface area contributed by atoms with Gasteiger partial charge in [-0.1, -0.05) is 37.6 Å². The van der Waals surface area contributed by atoms with E-state index in [1.54, 1.807) is 36.4 Å². The molecule has 0 aliphatic carbocycles. The number of phenolic OH excluding ortho intramolecular Hbond substituents is 1. The molecule has 1 fully saturated rings. The third-order valence-corrected chi connectivity index (χ3v) is 5.63. The average Bonchev–Trinajstić information content (AvgIpc) is 3.04. The SMILES string of the molecule is CCCCOc1cccc(/C(O)=C2\C(=O)C(=O)N(CCCN(C)C)C2c2ccc(O)cc2)c1. The van der Waals surface area contributed by atoms with E-state index in [-0.39, 0.29) is 17.1 Å². The van der Waals surface area contributed by atoms with Crippen LogP contribution in [0.4, 0.5) is 0 Å². The highest BCUT2D eigenvalue weighted by molar-refractivity contribution is 6.46. The Hall–Kier alpha value is -3.32. The van der Waals surface area contributed by atoms with Gasteiger partial charge in [0.1, 0.15) is 17.3 Å². The molecule has 2 aromatic carbocycles. The summed E-state index contributed by atoms with van der Waals surface area (Å²) in [6, 6.07) is 12.5. The number of benzene rings is 2. The van der Waals surface area contributed by atoms with Crippen molar-refractivity contribution in [3.05, 3.63) is 65.2 Å². The molecule has 176 valence electrons. The monoisotopic (exact) mass is 452 g/mol. The number of aliphatic hydroxyl groups excluding tert-OH is 1. The van der Waals surface area contributed by atoms with Gasteiger partial charge in [0.2, 0.25) is 0 Å². The van der Waals surface area contributed by atoms with Crippen LogP contribution in [0.5, 0.6) is 11.5 Å². The van der Waals surface area contributed by atoms with Crippen LogP contribution < -0.4 is 4.74 Å². The van der Waals surface area contributed by atoms with Crippen LogP contribution in [0.2, 0.25) is 0 Å². The van der Waals surface area contributed by atoms with Crippen molar-refractivity contribution in [3.63, 3.8) is 0 Å². The van der Waals surface area contributed by atoms with Crippen molar-refractivity contribution in [2.75, 3.05) is 33.8 Å². The standard InChI is InChI=1S/C26H32N2O5/c1-4-5-16-33-21-9-6-8-19(17-21)24(30)22-23(18-10-12-20(29)13-11-18)28(26(32)25(22)31)15-7-14-27(2)3/h6,8-13,17,23,29-30H,4-5,7,14-16H2,1-3H3/b24-22+. The molecule has 0 radical (unpaired) electrons. The lowest BCUT2D eigenvalue weighted by atomic mass is 9.95. The number of phenols is 1. The molecule has 0 bridgehead atoms. The predicted molar refractivity (Wildman–Crippen MR) is 127 cm³/mol. The van der Waals surface area contributed by atoms with Crippen LogP contribution in [0.25, 0.3) is 5.76 Å². The number of nitrogens with zero attached hydrogens (tertiary/aromatic N) is 2. The predicted octanol–water partition coefficient (Wildman–Crippen LogP) is 3.94. The van der Waals surface area contributed by atoms with Gasteiger partial charge >= 0.3 is 0 Å². The molecule has 2 aromatic rings. The van der Waals surface area contributed by atoms with Gasteiger partial charge in [-0.25, -0.2) is 0 Å². The van der Waals surface area contributed by atoms with E-state index in [9.17, 15) is 19.8 Å². The topological polar surface area (TPSA) is 90.3 Å². The quantitative estimate of drug-likeness (QED) is 0.246. The fraction of sp³-hybridized carbons (Fsp3) is 0.385. The van der Waals surface area contributed by atoms with E-state index in [2.05, 4.69) is 6.92 Å². The highest BCUT2D eigenvalue weighted by Gasteiger charge is 2.45. The Morgan fingerprint density at radius 1 is 1.09 bits per heavy atom. The van der Waals surface area contributed by atoms with Crippen LogP contribution in [0, 0.1) is 0 Å². The van der Waals surface area contributed by atoms with E-state index < -0.39 is 17.7 Å². The van der Waals surface area contributed by atoms with Gasteiger partial charge in [-0.2, -0.15) is 0 Å². The van der Waals surface area contributed by atoms with Gasteiger partial charge < -0.3 is 24.7 Å². The van der Waals surface area contributed by atoms with Gasteiger partial charge in [0.25, 0.3) is 11.7 Å². The van der Waals surface area contributed by atoms with Crippen LogP contribution >= 0.6 is 0 Å². The molecular formula is C26H32N2O5. The van der Waals surface area contributed by atoms with E-state index in [1.807, 2.05) is 19.0 Å². The number of carbonyl (C=O) groups is 2. The first-order chi connectivity index (χ1) is 15.8. The molecule has 7 nitrogen and oxygen atoms in total. The molecule has 0 spiro atoms. The third-order valence-electron chi connectivity index (χ3n) is 5.63. The van der Waals surface area contributed by atoms with Crippen LogP contribution in [0.1, 0.15) is 43.4 Å². The molecule has 0 saturated carbocycles. The van der Waals surface area contributed by atoms with Gasteiger partial charge in [-0.3, -0.25) is 9.59 Å². The number of carbonyl (C=O) groups excluding carboxylic acids is 2. The summed E-state index contributed by atoms with van der Waals surface area (Å²) in [5.41, 5.74) is 1.11. The summed E-state index contributed by atoms with van der Waals surface area (Å²) < 4.78 is 5.74. The Morgan fingerprint density at radius 2 is 1.82 bits per heavy atom. The first kappa shape index (κ1) is 24.3. The fourth-order valence-electron chi connectivity index (χ4n) is 3.89. The molecule has 1 heterocycles. The zero-order chi connectivity index (χ0) is 24.0. The minimum atomic E-state index is -0.738. The van der Waals surface area contributed by atoms with Gasteiger partial charge in [-0.05, 0) is 63.3 Å². The van der Waals surface area contributed by atoms with Gasteiger partial charge in [-0.15, -0.1) is 0 Å². The molecule has 3 rings (SSSR count). The number of hydrogen-bond acceptors (Lipinski definition) is 6. The molecule has 0 aromatic heterocycles. The Labute approximate surface area is 194 Å². The van der Waals surface area contributed by atoms with Crippen molar-refractivity contribution < 1.29 is 24.5 Å². The van der Waals surface area contributed by atoms with E-state index in [1.165, 1.54) is 17.0 Å². The van der Waals surface area contributed by atoms with Crippen LogP contribution in [0.3, 0.4) is 0 Å². The molecule has 1 aliphatic heterocycles. The van der Waals surface area contributed by atoms with Crippen molar-refractivity contribution in [1.29, 1.82) is 0 Å². The maximum Gasteiger partial charge on any atom is 0.295 e. The molecule has 1 unspecified atom stereocenters. The first-order valence-electron chi connectivity index (χ1n) is 11.3. The number of rotatable bonds is 10. The number of aliphatic hydroxyl groups is 1. The molecule has 7 heteroatoms. The van der Waals surface area contributed by atoms with Crippen LogP contribution in [-0.4, -0.2) is 65.5 Å². The van der Waals surface area contributed by atoms with E-state index in [0.717, 1.165) is 19.4 Å². The van der Waals surface area contributed by atoms with E-state index >= 15 is 0 Å². The lowest BCUT2D eigenvalue weighted by Gasteiger charge is -2.26. The van der Waals surface area contributed by atoms with Crippen LogP contribution in [0.15, 0.2) is 54.1 Å². The molecule has 1 amide bonds. The van der Waals surface area contributed by atoms with E-state index in [4.69, 9.17) is 4.74 Å². The summed E-state index contributed by atoms with van der Waals surface area (Å²) in [5.74, 6) is -0.909. The third kappa shape index (κ3) is 5.73. The zero-order valence-corrected chi connectivity index (χ0v) is 19.5. The Kier molecular flexibility index (Phi) is 8.11. The summed E-state index contributed by atoms with van der Waals surface area (Å²) in [6.07, 6.45) is 2.59. The summed E-state index contributed by atoms with van der Waals surface area (Å²) in [5, 5.41) is 20.9. The number of Topliss-reactive ketones (excluding diaryl/α,β-unsaturated/α-hetero) is 1. The molecular weight excluding hydrogens is 420 g/mol. The van der Waals surface area contributed by atoms with Crippen molar-refractivity contribution in [3.8, 4) is 11.5 Å². The van der Waals surface area contributed by atoms with Crippen molar-refractivity contribution in [1.82, 2.24) is 9.80 Å². The normalized spacial score (nSPS) is 17.7. The summed E-state index contributed by atoms with van der Waals surface area (Å²) in [6.45, 7) is 3.75. The molecule has 1 saturated heterocycles. The summed E-state index contributed by atoms with van der Waals surface area (Å²) in [4.78, 5) is 29.6. The number of hydrogen-bond donors (Lipinski definition) is 2. The number of ether oxygens (including phenoxy) is 1. The van der Waals surface area contributed by atoms with Gasteiger partial charge in [0.15, 0.2) is 0 Å². The van der Waals surface area contributed by atoms with Gasteiger partial charge in [0.05, 0.1) is 18.2 Å². The minimum absolute atomic E-state index is 0.0428. The Balaban J connectivity index is 2.02. The highest BCUT2D eigenvalue weighted by Crippen LogP contribution is 2.40.